The number of hydrogen-bond acceptors (Lipinski definition) is 8. The molecule has 6 N–H and O–H groups in total. The monoisotopic (exact) mass is 555 g/mol. The molecular formula is C26H36ClF2N5O4. The van der Waals surface area contributed by atoms with Crippen molar-refractivity contribution < 1.29 is 27.8 Å². The maximum Gasteiger partial charge on any atom is 0.411 e. The van der Waals surface area contributed by atoms with Crippen molar-refractivity contribution in [2.45, 2.75) is 32.3 Å². The van der Waals surface area contributed by atoms with Gasteiger partial charge in [-0.05, 0) is 82.7 Å². The Hall–Kier alpha value is -2.99. The van der Waals surface area contributed by atoms with Crippen LogP contribution in [0.15, 0.2) is 30.3 Å². The van der Waals surface area contributed by atoms with Gasteiger partial charge in [-0.15, -0.1) is 0 Å². The van der Waals surface area contributed by atoms with Crippen LogP contribution in [0.4, 0.5) is 25.0 Å². The molecule has 0 atom stereocenters. The van der Waals surface area contributed by atoms with Crippen molar-refractivity contribution in [1.29, 1.82) is 0 Å². The summed E-state index contributed by atoms with van der Waals surface area (Å²) >= 11 is 5.95. The Morgan fingerprint density at radius 1 is 0.921 bits per heavy atom. The average molecular weight is 556 g/mol. The third-order valence-electron chi connectivity index (χ3n) is 5.48. The normalized spacial score (nSPS) is 10.8. The van der Waals surface area contributed by atoms with Crippen LogP contribution in [0.2, 0.25) is 5.02 Å². The first kappa shape index (κ1) is 31.2. The van der Waals surface area contributed by atoms with Crippen molar-refractivity contribution in [3.63, 3.8) is 0 Å². The molecule has 1 amide bonds. The van der Waals surface area contributed by atoms with Gasteiger partial charge in [-0.25, -0.2) is 18.4 Å². The van der Waals surface area contributed by atoms with Crippen LogP contribution < -0.4 is 27.0 Å². The summed E-state index contributed by atoms with van der Waals surface area (Å²) in [5.41, 5.74) is 5.79. The Balaban J connectivity index is 1.84. The standard InChI is InChI=1S/C26H36ClF2N5O4/c1-37-25(35)20-15-22(29)24(33-13-5-12-32-10-3-2-9-31-11-4-8-30)16-23(20)34-26(36)38-17-18-6-7-19(28)14-21(18)27/h6-7,14-16,31-33H,2-5,8-13,17,30H2,1H3,(H,34,36). The van der Waals surface area contributed by atoms with E-state index in [0.717, 1.165) is 71.1 Å². The molecular weight excluding hydrogens is 520 g/mol. The van der Waals surface area contributed by atoms with Gasteiger partial charge >= 0.3 is 12.1 Å². The predicted molar refractivity (Wildman–Crippen MR) is 145 cm³/mol. The number of esters is 1. The fourth-order valence-electron chi connectivity index (χ4n) is 3.43. The summed E-state index contributed by atoms with van der Waals surface area (Å²) in [6.45, 7) is 4.47. The molecule has 2 aromatic carbocycles. The second kappa shape index (κ2) is 17.5. The Bertz CT molecular complexity index is 1040. The minimum Gasteiger partial charge on any atom is -0.465 e. The van der Waals surface area contributed by atoms with Crippen molar-refractivity contribution in [2.75, 3.05) is 57.0 Å². The molecule has 2 rings (SSSR count). The fourth-order valence-corrected chi connectivity index (χ4v) is 3.65. The highest BCUT2D eigenvalue weighted by Crippen LogP contribution is 2.26. The topological polar surface area (TPSA) is 127 Å². The molecule has 2 aromatic rings. The Morgan fingerprint density at radius 2 is 1.61 bits per heavy atom. The third kappa shape index (κ3) is 11.2. The number of amides is 1. The zero-order valence-corrected chi connectivity index (χ0v) is 22.3. The second-order valence-electron chi connectivity index (χ2n) is 8.44. The molecule has 0 heterocycles. The quantitative estimate of drug-likeness (QED) is 0.145. The number of unbranched alkanes of at least 4 members (excludes halogenated alkanes) is 1. The maximum absolute atomic E-state index is 14.6. The number of anilines is 2. The molecule has 0 spiro atoms. The molecule has 0 unspecified atom stereocenters. The molecule has 0 radical (unpaired) electrons. The van der Waals surface area contributed by atoms with E-state index in [1.54, 1.807) is 0 Å². The summed E-state index contributed by atoms with van der Waals surface area (Å²) in [5, 5.41) is 12.2. The minimum absolute atomic E-state index is 0.00847. The van der Waals surface area contributed by atoms with E-state index in [9.17, 15) is 18.4 Å². The van der Waals surface area contributed by atoms with Crippen LogP contribution in [0, 0.1) is 11.6 Å². The molecule has 38 heavy (non-hydrogen) atoms. The summed E-state index contributed by atoms with van der Waals surface area (Å²) in [4.78, 5) is 24.5. The molecule has 12 heteroatoms. The van der Waals surface area contributed by atoms with Gasteiger partial charge in [0.1, 0.15) is 18.2 Å². The van der Waals surface area contributed by atoms with Gasteiger partial charge in [0.05, 0.1) is 29.1 Å². The molecule has 210 valence electrons. The van der Waals surface area contributed by atoms with Crippen LogP contribution >= 0.6 is 11.6 Å². The Kier molecular flexibility index (Phi) is 14.4. The van der Waals surface area contributed by atoms with Crippen molar-refractivity contribution in [3.05, 3.63) is 58.1 Å². The lowest BCUT2D eigenvalue weighted by Gasteiger charge is -2.15. The smallest absolute Gasteiger partial charge is 0.411 e. The lowest BCUT2D eigenvalue weighted by Crippen LogP contribution is -2.22. The van der Waals surface area contributed by atoms with Gasteiger partial charge in [0, 0.05) is 12.1 Å². The van der Waals surface area contributed by atoms with E-state index in [4.69, 9.17) is 26.8 Å². The molecule has 0 aromatic heterocycles. The van der Waals surface area contributed by atoms with Crippen molar-refractivity contribution >= 4 is 35.0 Å². The largest absolute Gasteiger partial charge is 0.465 e. The minimum atomic E-state index is -0.910. The lowest BCUT2D eigenvalue weighted by molar-refractivity contribution is 0.0601. The number of ether oxygens (including phenoxy) is 2. The number of benzene rings is 2. The van der Waals surface area contributed by atoms with E-state index in [1.165, 1.54) is 18.2 Å². The Morgan fingerprint density at radius 3 is 2.26 bits per heavy atom. The summed E-state index contributed by atoms with van der Waals surface area (Å²) in [6, 6.07) is 5.97. The molecule has 9 nitrogen and oxygen atoms in total. The molecule has 0 aliphatic rings. The summed E-state index contributed by atoms with van der Waals surface area (Å²) in [7, 11) is 1.15. The van der Waals surface area contributed by atoms with Crippen LogP contribution in [0.5, 0.6) is 0 Å². The zero-order valence-electron chi connectivity index (χ0n) is 21.5. The first-order chi connectivity index (χ1) is 18.3. The summed E-state index contributed by atoms with van der Waals surface area (Å²) in [6.07, 6.45) is 2.92. The number of halogens is 3. The van der Waals surface area contributed by atoms with E-state index in [1.807, 2.05) is 0 Å². The summed E-state index contributed by atoms with van der Waals surface area (Å²) < 4.78 is 37.7. The van der Waals surface area contributed by atoms with Crippen LogP contribution in [0.3, 0.4) is 0 Å². The third-order valence-corrected chi connectivity index (χ3v) is 5.84. The second-order valence-corrected chi connectivity index (χ2v) is 8.84. The van der Waals surface area contributed by atoms with E-state index < -0.39 is 23.7 Å². The van der Waals surface area contributed by atoms with E-state index in [2.05, 4.69) is 21.3 Å². The highest BCUT2D eigenvalue weighted by molar-refractivity contribution is 6.31. The van der Waals surface area contributed by atoms with Gasteiger partial charge < -0.3 is 31.2 Å². The maximum atomic E-state index is 14.6. The van der Waals surface area contributed by atoms with E-state index in [0.29, 0.717) is 18.7 Å². The lowest BCUT2D eigenvalue weighted by atomic mass is 10.1. The molecule has 0 bridgehead atoms. The number of carbonyl (C=O) groups is 2. The van der Waals surface area contributed by atoms with Gasteiger partial charge in [-0.3, -0.25) is 5.32 Å². The average Bonchev–Trinajstić information content (AvgIpc) is 2.89. The van der Waals surface area contributed by atoms with Crippen LogP contribution in [-0.2, 0) is 16.1 Å². The molecule has 0 saturated heterocycles. The SMILES string of the molecule is COC(=O)c1cc(F)c(NCCCNCCCCNCCCN)cc1NC(=O)OCc1ccc(F)cc1Cl. The fraction of sp³-hybridized carbons (Fsp3) is 0.462. The van der Waals surface area contributed by atoms with E-state index in [-0.39, 0.29) is 28.6 Å². The van der Waals surface area contributed by atoms with Crippen LogP contribution in [0.25, 0.3) is 0 Å². The van der Waals surface area contributed by atoms with Gasteiger partial charge in [0.25, 0.3) is 0 Å². The predicted octanol–water partition coefficient (Wildman–Crippen LogP) is 4.26. The number of hydrogen-bond donors (Lipinski definition) is 5. The number of nitrogens with two attached hydrogens (primary N) is 1. The Labute approximate surface area is 226 Å². The highest BCUT2D eigenvalue weighted by atomic mass is 35.5. The van der Waals surface area contributed by atoms with Crippen LogP contribution in [-0.4, -0.2) is 58.4 Å². The summed E-state index contributed by atoms with van der Waals surface area (Å²) in [5.74, 6) is -2.01. The zero-order chi connectivity index (χ0) is 27.8. The molecule has 0 aliphatic carbocycles. The van der Waals surface area contributed by atoms with Crippen molar-refractivity contribution in [3.8, 4) is 0 Å². The van der Waals surface area contributed by atoms with Crippen LogP contribution in [0.1, 0.15) is 41.6 Å². The number of nitrogens with one attached hydrogen (secondary N) is 4. The van der Waals surface area contributed by atoms with Gasteiger partial charge in [0.15, 0.2) is 0 Å². The van der Waals surface area contributed by atoms with Gasteiger partial charge in [-0.1, -0.05) is 17.7 Å². The first-order valence-corrected chi connectivity index (χ1v) is 12.9. The van der Waals surface area contributed by atoms with E-state index >= 15 is 0 Å². The molecule has 0 saturated carbocycles. The highest BCUT2D eigenvalue weighted by Gasteiger charge is 2.19. The van der Waals surface area contributed by atoms with Crippen molar-refractivity contribution in [1.82, 2.24) is 10.6 Å². The van der Waals surface area contributed by atoms with Gasteiger partial charge in [0.2, 0.25) is 0 Å². The molecule has 0 fully saturated rings. The number of rotatable bonds is 17. The van der Waals surface area contributed by atoms with Crippen molar-refractivity contribution in [2.24, 2.45) is 5.73 Å². The number of methoxy groups -OCH3 is 1. The first-order valence-electron chi connectivity index (χ1n) is 12.5. The molecule has 0 aliphatic heterocycles. The number of carbonyl (C=O) groups excluding carboxylic acids is 2. The van der Waals surface area contributed by atoms with Gasteiger partial charge in [-0.2, -0.15) is 0 Å².